The zero-order valence-electron chi connectivity index (χ0n) is 19.5. The van der Waals surface area contributed by atoms with Crippen LogP contribution in [-0.4, -0.2) is 38.1 Å². The summed E-state index contributed by atoms with van der Waals surface area (Å²) in [5.41, 5.74) is 1.89. The Hall–Kier alpha value is -2.80. The van der Waals surface area contributed by atoms with Crippen LogP contribution in [0, 0.1) is 5.92 Å². The van der Waals surface area contributed by atoms with Crippen LogP contribution in [-0.2, 0) is 14.8 Å². The second kappa shape index (κ2) is 9.21. The Kier molecular flexibility index (Phi) is 6.52. The molecule has 4 rings (SSSR count). The van der Waals surface area contributed by atoms with Gasteiger partial charge in [-0.05, 0) is 75.1 Å². The van der Waals surface area contributed by atoms with Crippen LogP contribution in [0.3, 0.4) is 0 Å². The first-order valence-corrected chi connectivity index (χ1v) is 13.0. The van der Waals surface area contributed by atoms with Crippen molar-refractivity contribution in [2.45, 2.75) is 51.6 Å². The molecule has 0 saturated carbocycles. The number of nitrogens with one attached hydrogen (secondary N) is 1. The quantitative estimate of drug-likeness (QED) is 0.633. The van der Waals surface area contributed by atoms with Gasteiger partial charge in [0, 0.05) is 18.8 Å². The van der Waals surface area contributed by atoms with Crippen molar-refractivity contribution >= 4 is 26.7 Å². The van der Waals surface area contributed by atoms with Gasteiger partial charge in [0.25, 0.3) is 10.0 Å². The van der Waals surface area contributed by atoms with Gasteiger partial charge >= 0.3 is 6.09 Å². The fraction of sp³-hybridized carbons (Fsp3) is 0.423. The zero-order chi connectivity index (χ0) is 23.6. The highest BCUT2D eigenvalue weighted by molar-refractivity contribution is 8.01. The number of para-hydroxylation sites is 1. The van der Waals surface area contributed by atoms with Gasteiger partial charge in [0.2, 0.25) is 0 Å². The van der Waals surface area contributed by atoms with Crippen molar-refractivity contribution in [2.24, 2.45) is 5.92 Å². The number of anilines is 1. The van der Waals surface area contributed by atoms with Gasteiger partial charge in [-0.3, -0.25) is 4.72 Å². The van der Waals surface area contributed by atoms with Crippen molar-refractivity contribution in [3.63, 3.8) is 0 Å². The third-order valence-corrected chi connectivity index (χ3v) is 7.73. The van der Waals surface area contributed by atoms with Crippen LogP contribution < -0.4 is 4.72 Å². The number of benzene rings is 2. The number of fused-ring (bicyclic) bond motifs is 1. The number of ether oxygens (including phenoxy) is 1. The smallest absolute Gasteiger partial charge is 0.410 e. The Balaban J connectivity index is 1.50. The van der Waals surface area contributed by atoms with E-state index in [1.807, 2.05) is 57.2 Å². The first-order valence-electron chi connectivity index (χ1n) is 11.5. The molecule has 1 aliphatic heterocycles. The van der Waals surface area contributed by atoms with Crippen molar-refractivity contribution in [3.8, 4) is 0 Å². The lowest BCUT2D eigenvalue weighted by molar-refractivity contribution is 0.0174. The van der Waals surface area contributed by atoms with E-state index in [9.17, 15) is 13.2 Å². The van der Waals surface area contributed by atoms with Crippen LogP contribution in [0.5, 0.6) is 0 Å². The molecule has 6 nitrogen and oxygen atoms in total. The minimum Gasteiger partial charge on any atom is -0.444 e. The fourth-order valence-corrected chi connectivity index (χ4v) is 6.09. The lowest BCUT2D eigenvalue weighted by Crippen LogP contribution is -2.42. The number of carbonyl (C=O) groups excluding carboxylic acids is 1. The first kappa shape index (κ1) is 23.4. The van der Waals surface area contributed by atoms with Gasteiger partial charge < -0.3 is 9.64 Å². The van der Waals surface area contributed by atoms with Gasteiger partial charge in [-0.1, -0.05) is 48.5 Å². The summed E-state index contributed by atoms with van der Waals surface area (Å²) in [4.78, 5) is 14.5. The first-order chi connectivity index (χ1) is 15.6. The number of rotatable bonds is 4. The molecule has 1 saturated heterocycles. The Morgan fingerprint density at radius 2 is 1.64 bits per heavy atom. The molecular weight excluding hydrogens is 436 g/mol. The monoisotopic (exact) mass is 468 g/mol. The van der Waals surface area contributed by atoms with E-state index in [1.54, 1.807) is 29.2 Å². The van der Waals surface area contributed by atoms with Crippen molar-refractivity contribution in [1.82, 2.24) is 4.90 Å². The second-order valence-electron chi connectivity index (χ2n) is 9.77. The SMILES string of the molecule is CC(C)(C)OC(=O)N1CCC(C2CC=C(S(=O)(=O)Nc3ccccc3)c3ccccc32)CC1. The highest BCUT2D eigenvalue weighted by Crippen LogP contribution is 2.44. The van der Waals surface area contributed by atoms with Gasteiger partial charge in [0.05, 0.1) is 4.91 Å². The minimum absolute atomic E-state index is 0.234. The van der Waals surface area contributed by atoms with E-state index in [4.69, 9.17) is 4.74 Å². The van der Waals surface area contributed by atoms with Crippen molar-refractivity contribution in [2.75, 3.05) is 17.8 Å². The molecular formula is C26H32N2O4S. The van der Waals surface area contributed by atoms with Crippen molar-refractivity contribution < 1.29 is 17.9 Å². The van der Waals surface area contributed by atoms with Gasteiger partial charge in [-0.15, -0.1) is 0 Å². The zero-order valence-corrected chi connectivity index (χ0v) is 20.3. The average Bonchev–Trinajstić information content (AvgIpc) is 2.77. The van der Waals surface area contributed by atoms with E-state index >= 15 is 0 Å². The minimum atomic E-state index is -3.70. The maximum absolute atomic E-state index is 13.2. The highest BCUT2D eigenvalue weighted by Gasteiger charge is 2.35. The molecule has 1 unspecified atom stereocenters. The lowest BCUT2D eigenvalue weighted by atomic mass is 9.74. The molecule has 7 heteroatoms. The molecule has 2 aromatic carbocycles. The fourth-order valence-electron chi connectivity index (χ4n) is 4.74. The largest absolute Gasteiger partial charge is 0.444 e. The van der Waals surface area contributed by atoms with E-state index in [0.29, 0.717) is 36.0 Å². The summed E-state index contributed by atoms with van der Waals surface area (Å²) in [5, 5.41) is 0. The molecule has 176 valence electrons. The van der Waals surface area contributed by atoms with Crippen LogP contribution in [0.1, 0.15) is 57.1 Å². The van der Waals surface area contributed by atoms with Crippen LogP contribution in [0.4, 0.5) is 10.5 Å². The number of amides is 1. The van der Waals surface area contributed by atoms with E-state index in [-0.39, 0.29) is 12.0 Å². The Morgan fingerprint density at radius 1 is 1.00 bits per heavy atom. The summed E-state index contributed by atoms with van der Waals surface area (Å²) in [6, 6.07) is 16.8. The van der Waals surface area contributed by atoms with E-state index in [1.165, 1.54) is 0 Å². The van der Waals surface area contributed by atoms with Gasteiger partial charge in [0.15, 0.2) is 0 Å². The maximum atomic E-state index is 13.2. The highest BCUT2D eigenvalue weighted by atomic mass is 32.2. The predicted octanol–water partition coefficient (Wildman–Crippen LogP) is 5.60. The topological polar surface area (TPSA) is 75.7 Å². The maximum Gasteiger partial charge on any atom is 0.410 e. The summed E-state index contributed by atoms with van der Waals surface area (Å²) in [5.74, 6) is 0.616. The van der Waals surface area contributed by atoms with Crippen LogP contribution in [0.15, 0.2) is 60.7 Å². The van der Waals surface area contributed by atoms with Crippen molar-refractivity contribution in [3.05, 3.63) is 71.8 Å². The van der Waals surface area contributed by atoms with E-state index in [0.717, 1.165) is 24.0 Å². The molecule has 0 spiro atoms. The number of carbonyl (C=O) groups is 1. The average molecular weight is 469 g/mol. The third-order valence-electron chi connectivity index (χ3n) is 6.26. The lowest BCUT2D eigenvalue weighted by Gasteiger charge is -2.38. The number of nitrogens with zero attached hydrogens (tertiary/aromatic N) is 1. The van der Waals surface area contributed by atoms with Crippen LogP contribution in [0.25, 0.3) is 4.91 Å². The van der Waals surface area contributed by atoms with Gasteiger partial charge in [-0.2, -0.15) is 0 Å². The molecule has 33 heavy (non-hydrogen) atoms. The summed E-state index contributed by atoms with van der Waals surface area (Å²) < 4.78 is 34.6. The summed E-state index contributed by atoms with van der Waals surface area (Å²) >= 11 is 0. The second-order valence-corrected chi connectivity index (χ2v) is 11.4. The Morgan fingerprint density at radius 3 is 2.30 bits per heavy atom. The molecule has 1 atom stereocenters. The van der Waals surface area contributed by atoms with E-state index < -0.39 is 15.6 Å². The van der Waals surface area contributed by atoms with Crippen LogP contribution >= 0.6 is 0 Å². The number of hydrogen-bond acceptors (Lipinski definition) is 4. The van der Waals surface area contributed by atoms with Crippen LogP contribution in [0.2, 0.25) is 0 Å². The third kappa shape index (κ3) is 5.41. The molecule has 0 aromatic heterocycles. The normalized spacial score (nSPS) is 19.4. The molecule has 1 N–H and O–H groups in total. The number of piperidine rings is 1. The standard InChI is InChI=1S/C26H32N2O4S/c1-26(2,3)32-25(29)28-17-15-19(16-18-28)21-13-14-24(23-12-8-7-11-22(21)23)33(30,31)27-20-9-5-4-6-10-20/h4-12,14,19,21,27H,13,15-18H2,1-3H3. The molecule has 0 bridgehead atoms. The van der Waals surface area contributed by atoms with E-state index in [2.05, 4.69) is 4.72 Å². The molecule has 0 radical (unpaired) electrons. The molecule has 1 aliphatic carbocycles. The summed E-state index contributed by atoms with van der Waals surface area (Å²) in [6.45, 7) is 6.94. The number of hydrogen-bond donors (Lipinski definition) is 1. The Bertz CT molecular complexity index is 1130. The summed E-state index contributed by atoms with van der Waals surface area (Å²) in [7, 11) is -3.70. The molecule has 2 aliphatic rings. The Labute approximate surface area is 196 Å². The molecule has 2 aromatic rings. The van der Waals surface area contributed by atoms with Gasteiger partial charge in [-0.25, -0.2) is 13.2 Å². The summed E-state index contributed by atoms with van der Waals surface area (Å²) in [6.07, 6.45) is 4.01. The molecule has 1 fully saturated rings. The number of sulfonamides is 1. The molecule has 1 heterocycles. The van der Waals surface area contributed by atoms with Crippen molar-refractivity contribution in [1.29, 1.82) is 0 Å². The number of allylic oxidation sites excluding steroid dienone is 1. The number of likely N-dealkylation sites (tertiary alicyclic amines) is 1. The molecule has 1 amide bonds. The predicted molar refractivity (Wildman–Crippen MR) is 131 cm³/mol. The van der Waals surface area contributed by atoms with Gasteiger partial charge in [0.1, 0.15) is 5.60 Å².